The fraction of sp³-hybridized carbons (Fsp3) is 0.600. The number of rotatable bonds is 4. The number of carbonyl (C=O) groups is 2. The lowest BCUT2D eigenvalue weighted by Gasteiger charge is -2.34. The van der Waals surface area contributed by atoms with Crippen LogP contribution in [0.2, 0.25) is 0 Å². The van der Waals surface area contributed by atoms with Crippen LogP contribution in [0.1, 0.15) is 40.5 Å². The summed E-state index contributed by atoms with van der Waals surface area (Å²) in [7, 11) is 1.47. The molecule has 0 unspecified atom stereocenters. The molecular formula is C15H23NO3. The van der Waals surface area contributed by atoms with Gasteiger partial charge in [0.1, 0.15) is 0 Å². The lowest BCUT2D eigenvalue weighted by Crippen LogP contribution is -2.44. The molecule has 0 fully saturated rings. The Kier molecular flexibility index (Phi) is 4.56. The van der Waals surface area contributed by atoms with Gasteiger partial charge >= 0.3 is 0 Å². The van der Waals surface area contributed by atoms with Gasteiger partial charge in [-0.1, -0.05) is 20.8 Å². The fourth-order valence-electron chi connectivity index (χ4n) is 2.40. The summed E-state index contributed by atoms with van der Waals surface area (Å²) in [6.07, 6.45) is 2.55. The van der Waals surface area contributed by atoms with E-state index in [0.29, 0.717) is 17.6 Å². The molecule has 1 aliphatic rings. The van der Waals surface area contributed by atoms with E-state index < -0.39 is 5.41 Å². The molecule has 0 heterocycles. The maximum atomic E-state index is 12.6. The summed E-state index contributed by atoms with van der Waals surface area (Å²) < 4.78 is 5.30. The van der Waals surface area contributed by atoms with Gasteiger partial charge in [0, 0.05) is 17.3 Å². The van der Waals surface area contributed by atoms with Crippen molar-refractivity contribution in [3.8, 4) is 0 Å². The highest BCUT2D eigenvalue weighted by Crippen LogP contribution is 2.41. The summed E-state index contributed by atoms with van der Waals surface area (Å²) in [4.78, 5) is 25.1. The molecule has 0 aliphatic heterocycles. The van der Waals surface area contributed by atoms with Crippen LogP contribution < -0.4 is 5.73 Å². The summed E-state index contributed by atoms with van der Waals surface area (Å²) >= 11 is 0. The largest absolute Gasteiger partial charge is 0.493 e. The topological polar surface area (TPSA) is 69.4 Å². The van der Waals surface area contributed by atoms with Crippen molar-refractivity contribution >= 4 is 11.6 Å². The molecule has 0 radical (unpaired) electrons. The molecule has 19 heavy (non-hydrogen) atoms. The number of Topliss-reactive ketones (excluding diaryl/α,β-unsaturated/α-hetero) is 2. The Bertz CT molecular complexity index is 462. The highest BCUT2D eigenvalue weighted by atomic mass is 16.5. The first kappa shape index (κ1) is 15.5. The van der Waals surface area contributed by atoms with Crippen molar-refractivity contribution in [1.29, 1.82) is 0 Å². The fourth-order valence-corrected chi connectivity index (χ4v) is 2.40. The van der Waals surface area contributed by atoms with Gasteiger partial charge in [0.2, 0.25) is 5.78 Å². The minimum absolute atomic E-state index is 0.0547. The molecule has 0 bridgehead atoms. The Balaban J connectivity index is 3.59. The van der Waals surface area contributed by atoms with Crippen LogP contribution in [0.25, 0.3) is 0 Å². The van der Waals surface area contributed by atoms with Crippen molar-refractivity contribution < 1.29 is 14.3 Å². The molecule has 0 aromatic heterocycles. The first-order valence-electron chi connectivity index (χ1n) is 6.68. The van der Waals surface area contributed by atoms with Gasteiger partial charge in [0.05, 0.1) is 12.5 Å². The molecule has 0 saturated heterocycles. The monoisotopic (exact) mass is 265 g/mol. The zero-order valence-corrected chi connectivity index (χ0v) is 12.4. The highest BCUT2D eigenvalue weighted by Gasteiger charge is 2.49. The van der Waals surface area contributed by atoms with E-state index in [1.54, 1.807) is 6.92 Å². The standard InChI is InChI=1S/C15H23NO3/c1-6-9(3)11-10(8-16)13(17)15(4,7-2)14(18)12(11)19-5/h8-9H,6-7,16H2,1-5H3/t9-,15-/m0/s1. The van der Waals surface area contributed by atoms with Gasteiger partial charge in [-0.25, -0.2) is 0 Å². The lowest BCUT2D eigenvalue weighted by molar-refractivity contribution is -0.138. The molecule has 4 heteroatoms. The predicted octanol–water partition coefficient (Wildman–Crippen LogP) is 2.34. The Morgan fingerprint density at radius 3 is 2.26 bits per heavy atom. The lowest BCUT2D eigenvalue weighted by atomic mass is 9.67. The van der Waals surface area contributed by atoms with Gasteiger partial charge in [-0.05, 0) is 25.7 Å². The summed E-state index contributed by atoms with van der Waals surface area (Å²) in [5.41, 5.74) is 5.64. The van der Waals surface area contributed by atoms with Crippen molar-refractivity contribution in [2.75, 3.05) is 7.11 Å². The first-order valence-corrected chi connectivity index (χ1v) is 6.68. The van der Waals surface area contributed by atoms with Crippen LogP contribution >= 0.6 is 0 Å². The molecule has 0 saturated carbocycles. The number of ether oxygens (including phenoxy) is 1. The van der Waals surface area contributed by atoms with E-state index in [-0.39, 0.29) is 23.2 Å². The summed E-state index contributed by atoms with van der Waals surface area (Å²) in [5.74, 6) is -0.0870. The summed E-state index contributed by atoms with van der Waals surface area (Å²) in [6, 6.07) is 0. The van der Waals surface area contributed by atoms with E-state index >= 15 is 0 Å². The van der Waals surface area contributed by atoms with Gasteiger partial charge in [0.15, 0.2) is 11.5 Å². The number of ketones is 2. The van der Waals surface area contributed by atoms with Crippen LogP contribution in [0.5, 0.6) is 0 Å². The third-order valence-corrected chi connectivity index (χ3v) is 4.17. The number of nitrogens with two attached hydrogens (primary N) is 1. The quantitative estimate of drug-likeness (QED) is 0.625. The molecule has 106 valence electrons. The van der Waals surface area contributed by atoms with E-state index in [4.69, 9.17) is 10.5 Å². The van der Waals surface area contributed by atoms with E-state index in [0.717, 1.165) is 6.42 Å². The second kappa shape index (κ2) is 5.59. The Morgan fingerprint density at radius 1 is 1.32 bits per heavy atom. The summed E-state index contributed by atoms with van der Waals surface area (Å²) in [6.45, 7) is 7.45. The SMILES string of the molecule is CC[C@H](C)C1=C(OC)C(=O)[C@@](C)(CC)C(=O)C1=CN. The van der Waals surface area contributed by atoms with E-state index in [9.17, 15) is 9.59 Å². The zero-order valence-electron chi connectivity index (χ0n) is 12.4. The number of hydrogen-bond donors (Lipinski definition) is 1. The Morgan fingerprint density at radius 2 is 1.89 bits per heavy atom. The third-order valence-electron chi connectivity index (χ3n) is 4.17. The van der Waals surface area contributed by atoms with E-state index in [1.165, 1.54) is 13.3 Å². The molecule has 2 N–H and O–H groups in total. The number of hydrogen-bond acceptors (Lipinski definition) is 4. The van der Waals surface area contributed by atoms with Gasteiger partial charge < -0.3 is 10.5 Å². The first-order chi connectivity index (χ1) is 8.88. The zero-order chi connectivity index (χ0) is 14.8. The van der Waals surface area contributed by atoms with Crippen LogP contribution in [0.15, 0.2) is 23.1 Å². The minimum Gasteiger partial charge on any atom is -0.493 e. The van der Waals surface area contributed by atoms with Gasteiger partial charge in [-0.3, -0.25) is 9.59 Å². The van der Waals surface area contributed by atoms with Crippen molar-refractivity contribution in [3.63, 3.8) is 0 Å². The van der Waals surface area contributed by atoms with E-state index in [2.05, 4.69) is 0 Å². The molecular weight excluding hydrogens is 242 g/mol. The smallest absolute Gasteiger partial charge is 0.211 e. The van der Waals surface area contributed by atoms with Crippen LogP contribution in [0, 0.1) is 11.3 Å². The maximum Gasteiger partial charge on any atom is 0.211 e. The molecule has 0 spiro atoms. The van der Waals surface area contributed by atoms with Gasteiger partial charge in [-0.15, -0.1) is 0 Å². The average Bonchev–Trinajstić information content (AvgIpc) is 2.43. The number of allylic oxidation sites excluding steroid dienone is 3. The van der Waals surface area contributed by atoms with Crippen LogP contribution in [-0.2, 0) is 14.3 Å². The second-order valence-corrected chi connectivity index (χ2v) is 5.18. The van der Waals surface area contributed by atoms with E-state index in [1.807, 2.05) is 20.8 Å². The van der Waals surface area contributed by atoms with Crippen molar-refractivity contribution in [1.82, 2.24) is 0 Å². The van der Waals surface area contributed by atoms with Gasteiger partial charge in [0.25, 0.3) is 0 Å². The molecule has 0 aromatic rings. The minimum atomic E-state index is -1.06. The molecule has 1 rings (SSSR count). The van der Waals surface area contributed by atoms with Crippen LogP contribution in [0.3, 0.4) is 0 Å². The molecule has 0 amide bonds. The predicted molar refractivity (Wildman–Crippen MR) is 74.2 cm³/mol. The Hall–Kier alpha value is -1.58. The second-order valence-electron chi connectivity index (χ2n) is 5.18. The third kappa shape index (κ3) is 2.20. The van der Waals surface area contributed by atoms with Crippen molar-refractivity contribution in [3.05, 3.63) is 23.1 Å². The van der Waals surface area contributed by atoms with Gasteiger partial charge in [-0.2, -0.15) is 0 Å². The number of methoxy groups -OCH3 is 1. The van der Waals surface area contributed by atoms with Crippen LogP contribution in [-0.4, -0.2) is 18.7 Å². The van der Waals surface area contributed by atoms with Crippen molar-refractivity contribution in [2.24, 2.45) is 17.1 Å². The number of carbonyl (C=O) groups excluding carboxylic acids is 2. The maximum absolute atomic E-state index is 12.6. The Labute approximate surface area is 114 Å². The molecule has 4 nitrogen and oxygen atoms in total. The average molecular weight is 265 g/mol. The van der Waals surface area contributed by atoms with Crippen LogP contribution in [0.4, 0.5) is 0 Å². The summed E-state index contributed by atoms with van der Waals surface area (Å²) in [5, 5.41) is 0. The normalized spacial score (nSPS) is 27.9. The molecule has 0 aromatic carbocycles. The molecule has 1 aliphatic carbocycles. The van der Waals surface area contributed by atoms with Crippen molar-refractivity contribution in [2.45, 2.75) is 40.5 Å². The highest BCUT2D eigenvalue weighted by molar-refractivity contribution is 6.24. The molecule has 2 atom stereocenters.